The zero-order valence-corrected chi connectivity index (χ0v) is 5.74. The Labute approximate surface area is 63.2 Å². The third-order valence-electron chi connectivity index (χ3n) is 1.65. The van der Waals surface area contributed by atoms with Crippen molar-refractivity contribution in [3.63, 3.8) is 0 Å². The molecule has 0 fully saturated rings. The van der Waals surface area contributed by atoms with Gasteiger partial charge in [0.15, 0.2) is 5.75 Å². The van der Waals surface area contributed by atoms with Crippen molar-refractivity contribution < 1.29 is 10.1 Å². The van der Waals surface area contributed by atoms with Gasteiger partial charge >= 0.3 is 0 Å². The predicted molar refractivity (Wildman–Crippen MR) is 41.6 cm³/mol. The van der Waals surface area contributed by atoms with Gasteiger partial charge in [0, 0.05) is 17.1 Å². The van der Waals surface area contributed by atoms with Crippen LogP contribution in [-0.2, 0) is 0 Å². The zero-order valence-electron chi connectivity index (χ0n) is 5.74. The first-order chi connectivity index (χ1) is 5.42. The molecule has 2 aromatic rings. The summed E-state index contributed by atoms with van der Waals surface area (Å²) in [6, 6.07) is 7.28. The van der Waals surface area contributed by atoms with Crippen LogP contribution in [0, 0.1) is 0 Å². The molecule has 1 aromatic carbocycles. The van der Waals surface area contributed by atoms with Crippen LogP contribution in [0.15, 0.2) is 30.5 Å². The van der Waals surface area contributed by atoms with E-state index in [0.29, 0.717) is 5.75 Å². The van der Waals surface area contributed by atoms with Crippen LogP contribution in [-0.4, -0.2) is 10.2 Å². The lowest BCUT2D eigenvalue weighted by molar-refractivity contribution is -0.136. The van der Waals surface area contributed by atoms with E-state index in [4.69, 9.17) is 5.26 Å². The highest BCUT2D eigenvalue weighted by Gasteiger charge is 2.00. The summed E-state index contributed by atoms with van der Waals surface area (Å²) in [4.78, 5) is 7.17. The average molecular weight is 149 g/mol. The number of H-pyrrole nitrogens is 1. The summed E-state index contributed by atoms with van der Waals surface area (Å²) in [5.41, 5.74) is 0.955. The number of hydrogen-bond donors (Lipinski definition) is 2. The van der Waals surface area contributed by atoms with Crippen LogP contribution in [0.5, 0.6) is 5.75 Å². The number of rotatable bonds is 1. The maximum Gasteiger partial charge on any atom is 0.174 e. The Morgan fingerprint density at radius 1 is 1.27 bits per heavy atom. The predicted octanol–water partition coefficient (Wildman–Crippen LogP) is 2.02. The van der Waals surface area contributed by atoms with E-state index in [-0.39, 0.29) is 0 Å². The number of hydrogen-bond acceptors (Lipinski definition) is 2. The molecule has 0 spiro atoms. The minimum absolute atomic E-state index is 0.476. The van der Waals surface area contributed by atoms with Crippen molar-refractivity contribution in [3.8, 4) is 5.75 Å². The van der Waals surface area contributed by atoms with Crippen LogP contribution >= 0.6 is 0 Å². The molecule has 0 saturated carbocycles. The van der Waals surface area contributed by atoms with Gasteiger partial charge in [0.25, 0.3) is 0 Å². The molecule has 0 aliphatic heterocycles. The van der Waals surface area contributed by atoms with Crippen LogP contribution in [0.1, 0.15) is 0 Å². The van der Waals surface area contributed by atoms with Crippen molar-refractivity contribution in [2.24, 2.45) is 0 Å². The van der Waals surface area contributed by atoms with E-state index >= 15 is 0 Å². The van der Waals surface area contributed by atoms with E-state index in [1.165, 1.54) is 0 Å². The SMILES string of the molecule is OOc1cccc2[nH]ccc12. The minimum Gasteiger partial charge on any atom is -0.361 e. The van der Waals surface area contributed by atoms with Crippen LogP contribution in [0.3, 0.4) is 0 Å². The number of aromatic nitrogens is 1. The van der Waals surface area contributed by atoms with Crippen molar-refractivity contribution >= 4 is 10.9 Å². The lowest BCUT2D eigenvalue weighted by Crippen LogP contribution is -1.82. The van der Waals surface area contributed by atoms with Crippen molar-refractivity contribution in [1.29, 1.82) is 0 Å². The smallest absolute Gasteiger partial charge is 0.174 e. The second-order valence-electron chi connectivity index (χ2n) is 2.29. The van der Waals surface area contributed by atoms with Gasteiger partial charge in [-0.25, -0.2) is 5.26 Å². The first-order valence-corrected chi connectivity index (χ1v) is 3.29. The van der Waals surface area contributed by atoms with E-state index in [2.05, 4.69) is 9.87 Å². The Balaban J connectivity index is 2.79. The first kappa shape index (κ1) is 6.24. The van der Waals surface area contributed by atoms with Gasteiger partial charge in [-0.2, -0.15) is 0 Å². The standard InChI is InChI=1S/C8H7NO2/c10-11-8-3-1-2-7-6(8)4-5-9-7/h1-5,9-10H. The molecule has 56 valence electrons. The Bertz CT molecular complexity index is 367. The Morgan fingerprint density at radius 2 is 2.18 bits per heavy atom. The third-order valence-corrected chi connectivity index (χ3v) is 1.65. The number of benzene rings is 1. The van der Waals surface area contributed by atoms with Crippen molar-refractivity contribution in [3.05, 3.63) is 30.5 Å². The van der Waals surface area contributed by atoms with Gasteiger partial charge in [0.1, 0.15) is 0 Å². The monoisotopic (exact) mass is 149 g/mol. The van der Waals surface area contributed by atoms with E-state index < -0.39 is 0 Å². The van der Waals surface area contributed by atoms with Crippen molar-refractivity contribution in [2.75, 3.05) is 0 Å². The fourth-order valence-corrected chi connectivity index (χ4v) is 1.14. The third kappa shape index (κ3) is 0.860. The van der Waals surface area contributed by atoms with E-state index in [1.807, 2.05) is 18.2 Å². The second-order valence-corrected chi connectivity index (χ2v) is 2.29. The fraction of sp³-hybridized carbons (Fsp3) is 0. The molecule has 0 bridgehead atoms. The molecule has 0 aliphatic rings. The molecule has 1 heterocycles. The molecule has 2 N–H and O–H groups in total. The molecule has 2 rings (SSSR count). The minimum atomic E-state index is 0.476. The summed E-state index contributed by atoms with van der Waals surface area (Å²) in [7, 11) is 0. The highest BCUT2D eigenvalue weighted by atomic mass is 17.1. The van der Waals surface area contributed by atoms with Gasteiger partial charge in [-0.1, -0.05) is 6.07 Å². The molecular formula is C8H7NO2. The molecule has 0 aliphatic carbocycles. The quantitative estimate of drug-likeness (QED) is 0.481. The normalized spacial score (nSPS) is 10.3. The summed E-state index contributed by atoms with van der Waals surface area (Å²) in [6.07, 6.45) is 1.80. The number of nitrogens with one attached hydrogen (secondary N) is 1. The van der Waals surface area contributed by atoms with Gasteiger partial charge in [-0.3, -0.25) is 0 Å². The lowest BCUT2D eigenvalue weighted by Gasteiger charge is -1.96. The molecule has 3 nitrogen and oxygen atoms in total. The Morgan fingerprint density at radius 3 is 3.00 bits per heavy atom. The van der Waals surface area contributed by atoms with E-state index in [0.717, 1.165) is 10.9 Å². The maximum absolute atomic E-state index is 8.44. The number of fused-ring (bicyclic) bond motifs is 1. The molecule has 0 amide bonds. The van der Waals surface area contributed by atoms with Gasteiger partial charge < -0.3 is 9.87 Å². The summed E-state index contributed by atoms with van der Waals surface area (Å²) in [6.45, 7) is 0. The van der Waals surface area contributed by atoms with Gasteiger partial charge in [0.05, 0.1) is 0 Å². The molecule has 0 unspecified atom stereocenters. The Hall–Kier alpha value is -1.48. The molecule has 0 saturated heterocycles. The van der Waals surface area contributed by atoms with Crippen molar-refractivity contribution in [2.45, 2.75) is 0 Å². The largest absolute Gasteiger partial charge is 0.361 e. The molecule has 1 aromatic heterocycles. The molecule has 0 radical (unpaired) electrons. The van der Waals surface area contributed by atoms with E-state index in [9.17, 15) is 0 Å². The molecular weight excluding hydrogens is 142 g/mol. The van der Waals surface area contributed by atoms with Crippen LogP contribution in [0.2, 0.25) is 0 Å². The first-order valence-electron chi connectivity index (χ1n) is 3.29. The molecule has 3 heteroatoms. The summed E-state index contributed by atoms with van der Waals surface area (Å²) in [5.74, 6) is 0.476. The molecule has 11 heavy (non-hydrogen) atoms. The summed E-state index contributed by atoms with van der Waals surface area (Å²) >= 11 is 0. The van der Waals surface area contributed by atoms with Crippen LogP contribution in [0.4, 0.5) is 0 Å². The van der Waals surface area contributed by atoms with Crippen molar-refractivity contribution in [1.82, 2.24) is 4.98 Å². The lowest BCUT2D eigenvalue weighted by atomic mass is 10.2. The average Bonchev–Trinajstić information content (AvgIpc) is 2.50. The Kier molecular flexibility index (Phi) is 1.30. The maximum atomic E-state index is 8.44. The zero-order chi connectivity index (χ0) is 7.68. The van der Waals surface area contributed by atoms with Crippen LogP contribution < -0.4 is 4.89 Å². The summed E-state index contributed by atoms with van der Waals surface area (Å²) in [5, 5.41) is 9.32. The summed E-state index contributed by atoms with van der Waals surface area (Å²) < 4.78 is 0. The second kappa shape index (κ2) is 2.29. The highest BCUT2D eigenvalue weighted by Crippen LogP contribution is 2.23. The highest BCUT2D eigenvalue weighted by molar-refractivity contribution is 5.85. The van der Waals surface area contributed by atoms with Gasteiger partial charge in [-0.15, -0.1) is 0 Å². The molecule has 0 atom stereocenters. The van der Waals surface area contributed by atoms with Crippen LogP contribution in [0.25, 0.3) is 10.9 Å². The fourth-order valence-electron chi connectivity index (χ4n) is 1.14. The van der Waals surface area contributed by atoms with Gasteiger partial charge in [0.2, 0.25) is 0 Å². The van der Waals surface area contributed by atoms with Gasteiger partial charge in [-0.05, 0) is 18.2 Å². The topological polar surface area (TPSA) is 45.2 Å². The number of aromatic amines is 1. The van der Waals surface area contributed by atoms with E-state index in [1.54, 1.807) is 12.3 Å².